The van der Waals surface area contributed by atoms with Gasteiger partial charge < -0.3 is 4.42 Å². The first kappa shape index (κ1) is 14.9. The summed E-state index contributed by atoms with van der Waals surface area (Å²) in [6, 6.07) is 2.12. The molecule has 1 heterocycles. The van der Waals surface area contributed by atoms with Crippen LogP contribution in [0.3, 0.4) is 0 Å². The first-order valence-corrected chi connectivity index (χ1v) is 8.61. The summed E-state index contributed by atoms with van der Waals surface area (Å²) in [5.41, 5.74) is 3.97. The molecule has 1 saturated carbocycles. The maximum Gasteiger partial charge on any atom is 0.0934 e. The molecule has 0 unspecified atom stereocenters. The highest BCUT2D eigenvalue weighted by Crippen LogP contribution is 2.60. The Balaban J connectivity index is 1.83. The van der Waals surface area contributed by atoms with Crippen molar-refractivity contribution in [3.05, 3.63) is 35.8 Å². The van der Waals surface area contributed by atoms with Crippen LogP contribution in [0.25, 0.3) is 0 Å². The predicted molar refractivity (Wildman–Crippen MR) is 88.1 cm³/mol. The van der Waals surface area contributed by atoms with Crippen LogP contribution in [0.2, 0.25) is 0 Å². The topological polar surface area (TPSA) is 13.1 Å². The van der Waals surface area contributed by atoms with Crippen LogP contribution in [0.5, 0.6) is 0 Å². The lowest BCUT2D eigenvalue weighted by Crippen LogP contribution is -2.48. The number of fused-ring (bicyclic) bond motifs is 1. The molecule has 0 aromatic carbocycles. The Labute approximate surface area is 129 Å². The Morgan fingerprint density at radius 3 is 2.76 bits per heavy atom. The summed E-state index contributed by atoms with van der Waals surface area (Å²) in [6.07, 6.45) is 14.2. The zero-order valence-electron chi connectivity index (χ0n) is 14.1. The van der Waals surface area contributed by atoms with Gasteiger partial charge in [-0.25, -0.2) is 0 Å². The van der Waals surface area contributed by atoms with Crippen LogP contribution in [-0.4, -0.2) is 0 Å². The summed E-state index contributed by atoms with van der Waals surface area (Å²) in [6.45, 7) is 9.94. The lowest BCUT2D eigenvalue weighted by molar-refractivity contribution is -0.0390. The van der Waals surface area contributed by atoms with Gasteiger partial charge in [0.15, 0.2) is 0 Å². The van der Waals surface area contributed by atoms with Gasteiger partial charge in [0, 0.05) is 0 Å². The molecule has 21 heavy (non-hydrogen) atoms. The summed E-state index contributed by atoms with van der Waals surface area (Å²) in [5.74, 6) is 1.59. The molecule has 3 atom stereocenters. The summed E-state index contributed by atoms with van der Waals surface area (Å²) >= 11 is 0. The maximum atomic E-state index is 5.23. The van der Waals surface area contributed by atoms with Crippen molar-refractivity contribution >= 4 is 0 Å². The van der Waals surface area contributed by atoms with E-state index in [2.05, 4.69) is 39.8 Å². The largest absolute Gasteiger partial charge is 0.472 e. The van der Waals surface area contributed by atoms with E-state index in [-0.39, 0.29) is 0 Å². The summed E-state index contributed by atoms with van der Waals surface area (Å²) in [7, 11) is 0. The van der Waals surface area contributed by atoms with Crippen LogP contribution >= 0.6 is 0 Å². The molecule has 0 bridgehead atoms. The number of hydrogen-bond donors (Lipinski definition) is 0. The maximum absolute atomic E-state index is 5.23. The zero-order chi connectivity index (χ0) is 15.1. The van der Waals surface area contributed by atoms with Crippen molar-refractivity contribution in [3.63, 3.8) is 0 Å². The minimum atomic E-state index is 0.490. The SMILES string of the molecule is CC1=CC[C@H]2C(C)(C)CCC[C@]2(C)[C@H]1CCc1ccoc1. The Bertz CT molecular complexity index is 508. The molecule has 1 nitrogen and oxygen atoms in total. The first-order chi connectivity index (χ1) is 9.93. The van der Waals surface area contributed by atoms with Gasteiger partial charge in [0.1, 0.15) is 0 Å². The highest BCUT2D eigenvalue weighted by atomic mass is 16.3. The van der Waals surface area contributed by atoms with Crippen LogP contribution in [0, 0.1) is 22.7 Å². The fourth-order valence-electron chi connectivity index (χ4n) is 5.44. The number of furan rings is 1. The molecule has 0 aliphatic heterocycles. The average molecular weight is 286 g/mol. The van der Waals surface area contributed by atoms with Gasteiger partial charge in [-0.05, 0) is 73.3 Å². The van der Waals surface area contributed by atoms with Gasteiger partial charge in [-0.1, -0.05) is 38.8 Å². The fourth-order valence-corrected chi connectivity index (χ4v) is 5.44. The van der Waals surface area contributed by atoms with Crippen molar-refractivity contribution in [2.45, 2.75) is 66.2 Å². The molecule has 0 spiro atoms. The van der Waals surface area contributed by atoms with Crippen molar-refractivity contribution in [1.29, 1.82) is 0 Å². The molecule has 1 aromatic heterocycles. The predicted octanol–water partition coefficient (Wildman–Crippen LogP) is 6.01. The van der Waals surface area contributed by atoms with E-state index >= 15 is 0 Å². The third kappa shape index (κ3) is 2.60. The first-order valence-electron chi connectivity index (χ1n) is 8.61. The van der Waals surface area contributed by atoms with Gasteiger partial charge >= 0.3 is 0 Å². The highest BCUT2D eigenvalue weighted by molar-refractivity contribution is 5.19. The van der Waals surface area contributed by atoms with Crippen molar-refractivity contribution in [2.75, 3.05) is 0 Å². The lowest BCUT2D eigenvalue weighted by atomic mass is 9.48. The quantitative estimate of drug-likeness (QED) is 0.620. The summed E-state index contributed by atoms with van der Waals surface area (Å²) < 4.78 is 5.23. The smallest absolute Gasteiger partial charge is 0.0934 e. The Hall–Kier alpha value is -0.980. The second-order valence-electron chi connectivity index (χ2n) is 8.31. The van der Waals surface area contributed by atoms with Crippen molar-refractivity contribution < 1.29 is 4.42 Å². The third-order valence-electron chi connectivity index (χ3n) is 6.60. The van der Waals surface area contributed by atoms with Crippen LogP contribution in [0.4, 0.5) is 0 Å². The normalized spacial score (nSPS) is 35.1. The molecule has 0 N–H and O–H groups in total. The minimum Gasteiger partial charge on any atom is -0.472 e. The monoisotopic (exact) mass is 286 g/mol. The Kier molecular flexibility index (Phi) is 3.80. The number of hydrogen-bond acceptors (Lipinski definition) is 1. The lowest BCUT2D eigenvalue weighted by Gasteiger charge is -2.57. The second-order valence-corrected chi connectivity index (χ2v) is 8.31. The molecule has 1 aromatic rings. The zero-order valence-corrected chi connectivity index (χ0v) is 14.1. The van der Waals surface area contributed by atoms with E-state index in [1.165, 1.54) is 37.7 Å². The van der Waals surface area contributed by atoms with Crippen molar-refractivity contribution in [2.24, 2.45) is 22.7 Å². The average Bonchev–Trinajstić information content (AvgIpc) is 2.90. The summed E-state index contributed by atoms with van der Waals surface area (Å²) in [5, 5.41) is 0. The van der Waals surface area contributed by atoms with Crippen LogP contribution in [0.1, 0.15) is 65.4 Å². The van der Waals surface area contributed by atoms with Gasteiger partial charge in [0.2, 0.25) is 0 Å². The molecular formula is C20H30O. The number of aryl methyl sites for hydroxylation is 1. The molecule has 2 aliphatic rings. The van der Waals surface area contributed by atoms with Gasteiger partial charge in [-0.3, -0.25) is 0 Å². The molecular weight excluding hydrogens is 256 g/mol. The summed E-state index contributed by atoms with van der Waals surface area (Å²) in [4.78, 5) is 0. The van der Waals surface area contributed by atoms with E-state index in [4.69, 9.17) is 4.42 Å². The van der Waals surface area contributed by atoms with Crippen molar-refractivity contribution in [3.8, 4) is 0 Å². The molecule has 0 amide bonds. The number of rotatable bonds is 3. The fraction of sp³-hybridized carbons (Fsp3) is 0.700. The molecule has 0 radical (unpaired) electrons. The minimum absolute atomic E-state index is 0.490. The Morgan fingerprint density at radius 1 is 1.24 bits per heavy atom. The van der Waals surface area contributed by atoms with Gasteiger partial charge in [-0.15, -0.1) is 0 Å². The molecule has 2 aliphatic carbocycles. The Morgan fingerprint density at radius 2 is 2.05 bits per heavy atom. The van der Waals surface area contributed by atoms with Gasteiger partial charge in [0.05, 0.1) is 12.5 Å². The van der Waals surface area contributed by atoms with Gasteiger partial charge in [-0.2, -0.15) is 0 Å². The van der Waals surface area contributed by atoms with E-state index in [0.717, 1.165) is 18.3 Å². The van der Waals surface area contributed by atoms with Crippen LogP contribution in [-0.2, 0) is 6.42 Å². The van der Waals surface area contributed by atoms with E-state index in [9.17, 15) is 0 Å². The van der Waals surface area contributed by atoms with Crippen LogP contribution < -0.4 is 0 Å². The molecule has 3 rings (SSSR count). The standard InChI is InChI=1S/C20H30O/c1-15-6-9-18-19(2,3)11-5-12-20(18,4)17(15)8-7-16-10-13-21-14-16/h6,10,13-14,17-18H,5,7-9,11-12H2,1-4H3/t17-,18-,20+/m0/s1. The highest BCUT2D eigenvalue weighted by Gasteiger charge is 2.51. The van der Waals surface area contributed by atoms with Crippen molar-refractivity contribution in [1.82, 2.24) is 0 Å². The molecule has 1 fully saturated rings. The molecule has 116 valence electrons. The third-order valence-corrected chi connectivity index (χ3v) is 6.60. The molecule has 1 heteroatoms. The van der Waals surface area contributed by atoms with E-state index in [1.807, 2.05) is 6.26 Å². The van der Waals surface area contributed by atoms with E-state index in [0.29, 0.717) is 10.8 Å². The molecule has 0 saturated heterocycles. The van der Waals surface area contributed by atoms with Gasteiger partial charge in [0.25, 0.3) is 0 Å². The van der Waals surface area contributed by atoms with E-state index in [1.54, 1.807) is 11.8 Å². The van der Waals surface area contributed by atoms with Crippen LogP contribution in [0.15, 0.2) is 34.7 Å². The second kappa shape index (κ2) is 5.34. The van der Waals surface area contributed by atoms with E-state index < -0.39 is 0 Å². The number of allylic oxidation sites excluding steroid dienone is 2.